The van der Waals surface area contributed by atoms with Crippen LogP contribution in [-0.2, 0) is 27.7 Å². The molecule has 7 nitrogen and oxygen atoms in total. The highest BCUT2D eigenvalue weighted by Gasteiger charge is 2.26. The van der Waals surface area contributed by atoms with Crippen molar-refractivity contribution in [2.75, 3.05) is 46.0 Å². The summed E-state index contributed by atoms with van der Waals surface area (Å²) in [6.07, 6.45) is 0.370. The van der Waals surface area contributed by atoms with Gasteiger partial charge in [0.15, 0.2) is 0 Å². The number of nitrogens with zero attached hydrogens (tertiary/aromatic N) is 2. The lowest BCUT2D eigenvalue weighted by Gasteiger charge is -2.30. The van der Waals surface area contributed by atoms with Crippen LogP contribution in [0, 0.1) is 0 Å². The van der Waals surface area contributed by atoms with E-state index in [-0.39, 0.29) is 11.5 Å². The Kier molecular flexibility index (Phi) is 6.70. The minimum Gasteiger partial charge on any atom is -0.491 e. The van der Waals surface area contributed by atoms with Crippen LogP contribution in [-0.4, -0.2) is 74.8 Å². The molecule has 8 heteroatoms. The molecule has 2 aliphatic rings. The molecule has 2 aromatic carbocycles. The van der Waals surface area contributed by atoms with Crippen molar-refractivity contribution < 1.29 is 23.0 Å². The van der Waals surface area contributed by atoms with Gasteiger partial charge < -0.3 is 14.6 Å². The van der Waals surface area contributed by atoms with E-state index in [1.54, 1.807) is 24.3 Å². The lowest BCUT2D eigenvalue weighted by molar-refractivity contribution is 0.0637. The lowest BCUT2D eigenvalue weighted by atomic mass is 10.00. The Balaban J connectivity index is 1.28. The first-order valence-electron chi connectivity index (χ1n) is 10.3. The van der Waals surface area contributed by atoms with Gasteiger partial charge in [0.05, 0.1) is 18.1 Å². The predicted molar refractivity (Wildman–Crippen MR) is 113 cm³/mol. The maximum atomic E-state index is 12.7. The van der Waals surface area contributed by atoms with Crippen molar-refractivity contribution in [2.24, 2.45) is 0 Å². The molecule has 2 aliphatic heterocycles. The first-order chi connectivity index (χ1) is 14.5. The topological polar surface area (TPSA) is 79.3 Å². The SMILES string of the molecule is O=S(=O)(c1ccc(OC[C@H](O)CN2CCc3ccccc3C2)cc1)N1CCOCC1. The Hall–Kier alpha value is -1.97. The maximum Gasteiger partial charge on any atom is 0.243 e. The number of fused-ring (bicyclic) bond motifs is 1. The Bertz CT molecular complexity index is 942. The third-order valence-corrected chi connectivity index (χ3v) is 7.47. The first-order valence-corrected chi connectivity index (χ1v) is 11.7. The van der Waals surface area contributed by atoms with Gasteiger partial charge >= 0.3 is 0 Å². The van der Waals surface area contributed by atoms with Crippen LogP contribution in [0.4, 0.5) is 0 Å². The van der Waals surface area contributed by atoms with Gasteiger partial charge in [0.1, 0.15) is 18.5 Å². The van der Waals surface area contributed by atoms with Crippen LogP contribution < -0.4 is 4.74 Å². The number of sulfonamides is 1. The summed E-state index contributed by atoms with van der Waals surface area (Å²) in [4.78, 5) is 2.47. The van der Waals surface area contributed by atoms with Crippen molar-refractivity contribution >= 4 is 10.0 Å². The first kappa shape index (κ1) is 21.3. The van der Waals surface area contributed by atoms with Gasteiger partial charge in [0.2, 0.25) is 10.0 Å². The number of hydrogen-bond acceptors (Lipinski definition) is 6. The quantitative estimate of drug-likeness (QED) is 0.715. The van der Waals surface area contributed by atoms with Crippen LogP contribution in [0.1, 0.15) is 11.1 Å². The van der Waals surface area contributed by atoms with Crippen LogP contribution >= 0.6 is 0 Å². The average molecular weight is 433 g/mol. The summed E-state index contributed by atoms with van der Waals surface area (Å²) in [6, 6.07) is 14.8. The Morgan fingerprint density at radius 3 is 2.43 bits per heavy atom. The van der Waals surface area contributed by atoms with Gasteiger partial charge in [-0.1, -0.05) is 24.3 Å². The number of β-amino-alcohol motifs (C(OH)–C–C–N with tert-alkyl or cyclic N) is 1. The molecule has 162 valence electrons. The van der Waals surface area contributed by atoms with E-state index < -0.39 is 16.1 Å². The number of aliphatic hydroxyl groups is 1. The minimum atomic E-state index is -3.51. The van der Waals surface area contributed by atoms with E-state index in [2.05, 4.69) is 23.1 Å². The van der Waals surface area contributed by atoms with Gasteiger partial charge in [0, 0.05) is 32.7 Å². The van der Waals surface area contributed by atoms with Crippen molar-refractivity contribution in [2.45, 2.75) is 24.0 Å². The third kappa shape index (κ3) is 5.01. The second-order valence-electron chi connectivity index (χ2n) is 7.71. The van der Waals surface area contributed by atoms with Crippen LogP contribution in [0.15, 0.2) is 53.4 Å². The fourth-order valence-electron chi connectivity index (χ4n) is 3.90. The zero-order valence-corrected chi connectivity index (χ0v) is 17.8. The molecule has 1 fully saturated rings. The van der Waals surface area contributed by atoms with Crippen molar-refractivity contribution in [3.05, 3.63) is 59.7 Å². The molecule has 1 atom stereocenters. The maximum absolute atomic E-state index is 12.7. The highest BCUT2D eigenvalue weighted by Crippen LogP contribution is 2.21. The van der Waals surface area contributed by atoms with Gasteiger partial charge in [-0.15, -0.1) is 0 Å². The second kappa shape index (κ2) is 9.45. The summed E-state index contributed by atoms with van der Waals surface area (Å²) in [7, 11) is -3.51. The van der Waals surface area contributed by atoms with Gasteiger partial charge in [-0.2, -0.15) is 4.31 Å². The monoisotopic (exact) mass is 432 g/mol. The van der Waals surface area contributed by atoms with E-state index in [0.29, 0.717) is 38.6 Å². The summed E-state index contributed by atoms with van der Waals surface area (Å²) >= 11 is 0. The normalized spacial score (nSPS) is 19.2. The van der Waals surface area contributed by atoms with E-state index in [4.69, 9.17) is 9.47 Å². The molecular weight excluding hydrogens is 404 g/mol. The van der Waals surface area contributed by atoms with Gasteiger partial charge in [-0.05, 0) is 41.8 Å². The molecule has 0 saturated carbocycles. The van der Waals surface area contributed by atoms with Crippen molar-refractivity contribution in [3.63, 3.8) is 0 Å². The van der Waals surface area contributed by atoms with Crippen molar-refractivity contribution in [3.8, 4) is 5.75 Å². The molecular formula is C22H28N2O5S. The summed E-state index contributed by atoms with van der Waals surface area (Å²) in [5.41, 5.74) is 2.69. The summed E-state index contributed by atoms with van der Waals surface area (Å²) < 4.78 is 37.7. The van der Waals surface area contributed by atoms with E-state index >= 15 is 0 Å². The molecule has 0 unspecified atom stereocenters. The molecule has 0 aromatic heterocycles. The van der Waals surface area contributed by atoms with Crippen LogP contribution in [0.3, 0.4) is 0 Å². The number of benzene rings is 2. The molecule has 0 amide bonds. The largest absolute Gasteiger partial charge is 0.491 e. The van der Waals surface area contributed by atoms with E-state index in [9.17, 15) is 13.5 Å². The zero-order valence-electron chi connectivity index (χ0n) is 16.9. The Morgan fingerprint density at radius 2 is 1.70 bits per heavy atom. The molecule has 30 heavy (non-hydrogen) atoms. The Morgan fingerprint density at radius 1 is 1.00 bits per heavy atom. The summed E-state index contributed by atoms with van der Waals surface area (Å²) in [5.74, 6) is 0.541. The number of hydrogen-bond donors (Lipinski definition) is 1. The lowest BCUT2D eigenvalue weighted by Crippen LogP contribution is -2.40. The molecule has 4 rings (SSSR count). The standard InChI is InChI=1S/C22H28N2O5S/c25-20(16-23-10-9-18-3-1-2-4-19(18)15-23)17-29-21-5-7-22(8-6-21)30(26,27)24-11-13-28-14-12-24/h1-8,20,25H,9-17H2/t20-/m1/s1. The highest BCUT2D eigenvalue weighted by atomic mass is 32.2. The molecule has 1 N–H and O–H groups in total. The Labute approximate surface area is 177 Å². The molecule has 0 aliphatic carbocycles. The summed E-state index contributed by atoms with van der Waals surface area (Å²) in [6.45, 7) is 4.03. The number of ether oxygens (including phenoxy) is 2. The number of rotatable bonds is 7. The smallest absolute Gasteiger partial charge is 0.243 e. The fraction of sp³-hybridized carbons (Fsp3) is 0.455. The van der Waals surface area contributed by atoms with Gasteiger partial charge in [-0.25, -0.2) is 8.42 Å². The van der Waals surface area contributed by atoms with Crippen LogP contribution in [0.25, 0.3) is 0 Å². The number of aliphatic hydroxyl groups excluding tert-OH is 1. The average Bonchev–Trinajstić information content (AvgIpc) is 2.78. The number of morpholine rings is 1. The van der Waals surface area contributed by atoms with E-state index in [0.717, 1.165) is 19.5 Å². The molecule has 2 aromatic rings. The molecule has 0 radical (unpaired) electrons. The van der Waals surface area contributed by atoms with E-state index in [1.165, 1.54) is 15.4 Å². The van der Waals surface area contributed by atoms with Gasteiger partial charge in [-0.3, -0.25) is 4.90 Å². The minimum absolute atomic E-state index is 0.160. The predicted octanol–water partition coefficient (Wildman–Crippen LogP) is 1.51. The molecule has 0 bridgehead atoms. The zero-order chi connectivity index (χ0) is 21.0. The molecule has 1 saturated heterocycles. The molecule has 2 heterocycles. The molecule has 0 spiro atoms. The van der Waals surface area contributed by atoms with Crippen molar-refractivity contribution in [1.82, 2.24) is 9.21 Å². The summed E-state index contributed by atoms with van der Waals surface area (Å²) in [5, 5.41) is 10.4. The third-order valence-electron chi connectivity index (χ3n) is 5.55. The highest BCUT2D eigenvalue weighted by molar-refractivity contribution is 7.89. The van der Waals surface area contributed by atoms with Crippen LogP contribution in [0.5, 0.6) is 5.75 Å². The van der Waals surface area contributed by atoms with Crippen molar-refractivity contribution in [1.29, 1.82) is 0 Å². The van der Waals surface area contributed by atoms with E-state index in [1.807, 2.05) is 6.07 Å². The van der Waals surface area contributed by atoms with Gasteiger partial charge in [0.25, 0.3) is 0 Å². The second-order valence-corrected chi connectivity index (χ2v) is 9.64. The van der Waals surface area contributed by atoms with Crippen LogP contribution in [0.2, 0.25) is 0 Å². The fourth-order valence-corrected chi connectivity index (χ4v) is 5.30.